The van der Waals surface area contributed by atoms with Gasteiger partial charge in [-0.05, 0) is 48.1 Å². The van der Waals surface area contributed by atoms with E-state index in [9.17, 15) is 19.2 Å². The summed E-state index contributed by atoms with van der Waals surface area (Å²) in [5, 5.41) is 3.35. The zero-order valence-electron chi connectivity index (χ0n) is 19.5. The van der Waals surface area contributed by atoms with Crippen LogP contribution in [0.3, 0.4) is 0 Å². The number of hydrogen-bond acceptors (Lipinski definition) is 7. The van der Waals surface area contributed by atoms with Crippen LogP contribution in [-0.4, -0.2) is 63.0 Å². The van der Waals surface area contributed by atoms with Crippen molar-refractivity contribution >= 4 is 57.4 Å². The SMILES string of the molecule is CCN(CC(=O)NCCN1C(=O)S/C(=C/c2ccccc2Cl)C1=O)Cc1nc2ccccc2c(=O)[nH]1. The maximum Gasteiger partial charge on any atom is 0.293 e. The van der Waals surface area contributed by atoms with Gasteiger partial charge in [0.05, 0.1) is 28.9 Å². The predicted molar refractivity (Wildman–Crippen MR) is 140 cm³/mol. The maximum absolute atomic E-state index is 12.7. The normalized spacial score (nSPS) is 14.9. The molecule has 2 heterocycles. The summed E-state index contributed by atoms with van der Waals surface area (Å²) in [5.41, 5.74) is 1.02. The summed E-state index contributed by atoms with van der Waals surface area (Å²) in [7, 11) is 0. The highest BCUT2D eigenvalue weighted by atomic mass is 35.5. The second kappa shape index (κ2) is 11.5. The van der Waals surface area contributed by atoms with Gasteiger partial charge in [0.25, 0.3) is 16.7 Å². The van der Waals surface area contributed by atoms with Crippen molar-refractivity contribution in [1.82, 2.24) is 25.1 Å². The zero-order chi connectivity index (χ0) is 25.7. The molecule has 2 aromatic carbocycles. The third-order valence-corrected chi connectivity index (χ3v) is 6.82. The van der Waals surface area contributed by atoms with Crippen molar-refractivity contribution in [2.75, 3.05) is 26.2 Å². The van der Waals surface area contributed by atoms with Gasteiger partial charge in [-0.1, -0.05) is 48.9 Å². The van der Waals surface area contributed by atoms with E-state index in [4.69, 9.17) is 11.6 Å². The fraction of sp³-hybridized carbons (Fsp3) is 0.240. The summed E-state index contributed by atoms with van der Waals surface area (Å²) in [5.74, 6) is -0.212. The van der Waals surface area contributed by atoms with E-state index in [1.54, 1.807) is 48.5 Å². The zero-order valence-corrected chi connectivity index (χ0v) is 21.1. The average molecular weight is 526 g/mol. The van der Waals surface area contributed by atoms with Crippen LogP contribution in [0.5, 0.6) is 0 Å². The van der Waals surface area contributed by atoms with Crippen molar-refractivity contribution < 1.29 is 14.4 Å². The Bertz CT molecular complexity index is 1410. The molecule has 3 amide bonds. The molecule has 0 unspecified atom stereocenters. The average Bonchev–Trinajstić information content (AvgIpc) is 3.12. The summed E-state index contributed by atoms with van der Waals surface area (Å²) in [6.45, 7) is 3.00. The molecule has 2 N–H and O–H groups in total. The summed E-state index contributed by atoms with van der Waals surface area (Å²) in [6, 6.07) is 14.1. The van der Waals surface area contributed by atoms with Crippen molar-refractivity contribution in [3.8, 4) is 0 Å². The quantitative estimate of drug-likeness (QED) is 0.412. The van der Waals surface area contributed by atoms with Gasteiger partial charge in [0.15, 0.2) is 0 Å². The Kier molecular flexibility index (Phi) is 8.19. The molecule has 186 valence electrons. The molecular weight excluding hydrogens is 502 g/mol. The number of para-hydroxylation sites is 1. The fourth-order valence-corrected chi connectivity index (χ4v) is 4.74. The standard InChI is InChI=1S/C25H24ClN5O4S/c1-2-30(14-21-28-19-10-6-4-8-17(19)23(33)29-21)15-22(32)27-11-12-31-24(34)20(36-25(31)35)13-16-7-3-5-9-18(16)26/h3-10,13H,2,11-12,14-15H2,1H3,(H,27,32)(H,28,29,33)/b20-13+. The molecule has 0 atom stereocenters. The lowest BCUT2D eigenvalue weighted by atomic mass is 10.2. The van der Waals surface area contributed by atoms with Crippen LogP contribution in [-0.2, 0) is 16.1 Å². The Balaban J connectivity index is 1.30. The van der Waals surface area contributed by atoms with Crippen LogP contribution in [0.1, 0.15) is 18.3 Å². The topological polar surface area (TPSA) is 115 Å². The van der Waals surface area contributed by atoms with Gasteiger partial charge < -0.3 is 10.3 Å². The number of nitrogens with zero attached hydrogens (tertiary/aromatic N) is 3. The molecule has 0 aliphatic carbocycles. The summed E-state index contributed by atoms with van der Waals surface area (Å²) in [6.07, 6.45) is 1.59. The number of likely N-dealkylation sites (N-methyl/N-ethyl adjacent to an activating group) is 1. The second-order valence-electron chi connectivity index (χ2n) is 8.04. The first kappa shape index (κ1) is 25.6. The third kappa shape index (κ3) is 6.01. The minimum absolute atomic E-state index is 0.0575. The van der Waals surface area contributed by atoms with Gasteiger partial charge in [0.2, 0.25) is 5.91 Å². The van der Waals surface area contributed by atoms with E-state index in [0.717, 1.165) is 16.7 Å². The lowest BCUT2D eigenvalue weighted by Gasteiger charge is -2.20. The number of aromatic nitrogens is 2. The molecule has 1 fully saturated rings. The number of carbonyl (C=O) groups is 3. The number of rotatable bonds is 9. The van der Waals surface area contributed by atoms with Crippen LogP contribution < -0.4 is 10.9 Å². The monoisotopic (exact) mass is 525 g/mol. The highest BCUT2D eigenvalue weighted by molar-refractivity contribution is 8.18. The molecule has 1 aliphatic heterocycles. The van der Waals surface area contributed by atoms with Gasteiger partial charge >= 0.3 is 0 Å². The molecule has 0 saturated carbocycles. The maximum atomic E-state index is 12.7. The van der Waals surface area contributed by atoms with Crippen LogP contribution >= 0.6 is 23.4 Å². The molecule has 0 radical (unpaired) electrons. The smallest absolute Gasteiger partial charge is 0.293 e. The predicted octanol–water partition coefficient (Wildman–Crippen LogP) is 3.25. The third-order valence-electron chi connectivity index (χ3n) is 5.57. The number of halogens is 1. The first-order valence-electron chi connectivity index (χ1n) is 11.3. The van der Waals surface area contributed by atoms with Gasteiger partial charge in [-0.3, -0.25) is 29.0 Å². The van der Waals surface area contributed by atoms with Gasteiger partial charge in [-0.25, -0.2) is 4.98 Å². The van der Waals surface area contributed by atoms with Crippen LogP contribution in [0.2, 0.25) is 5.02 Å². The Morgan fingerprint density at radius 3 is 2.69 bits per heavy atom. The van der Waals surface area contributed by atoms with Crippen LogP contribution in [0.25, 0.3) is 17.0 Å². The van der Waals surface area contributed by atoms with Gasteiger partial charge in [-0.15, -0.1) is 0 Å². The minimum Gasteiger partial charge on any atom is -0.353 e. The van der Waals surface area contributed by atoms with E-state index in [0.29, 0.717) is 40.4 Å². The Labute approximate surface area is 216 Å². The van der Waals surface area contributed by atoms with E-state index in [-0.39, 0.29) is 36.0 Å². The molecule has 11 heteroatoms. The number of carbonyl (C=O) groups excluding carboxylic acids is 3. The number of thioether (sulfide) groups is 1. The van der Waals surface area contributed by atoms with Gasteiger partial charge in [0.1, 0.15) is 5.82 Å². The molecule has 4 rings (SSSR count). The lowest BCUT2D eigenvalue weighted by molar-refractivity contribution is -0.124. The Hall–Kier alpha value is -3.47. The summed E-state index contributed by atoms with van der Waals surface area (Å²) < 4.78 is 0. The van der Waals surface area contributed by atoms with Crippen molar-refractivity contribution in [2.45, 2.75) is 13.5 Å². The number of imide groups is 1. The first-order chi connectivity index (χ1) is 17.4. The van der Waals surface area contributed by atoms with Crippen LogP contribution in [0.15, 0.2) is 58.2 Å². The van der Waals surface area contributed by atoms with Gasteiger partial charge in [0, 0.05) is 18.1 Å². The fourth-order valence-electron chi connectivity index (χ4n) is 3.69. The number of H-pyrrole nitrogens is 1. The van der Waals surface area contributed by atoms with E-state index in [1.165, 1.54) is 0 Å². The molecule has 1 aromatic heterocycles. The van der Waals surface area contributed by atoms with E-state index in [2.05, 4.69) is 15.3 Å². The van der Waals surface area contributed by atoms with Gasteiger partial charge in [-0.2, -0.15) is 0 Å². The minimum atomic E-state index is -0.416. The molecule has 0 bridgehead atoms. The highest BCUT2D eigenvalue weighted by Gasteiger charge is 2.34. The number of nitrogens with one attached hydrogen (secondary N) is 2. The first-order valence-corrected chi connectivity index (χ1v) is 12.5. The Morgan fingerprint density at radius 2 is 1.92 bits per heavy atom. The summed E-state index contributed by atoms with van der Waals surface area (Å²) in [4.78, 5) is 60.3. The number of aromatic amines is 1. The largest absolute Gasteiger partial charge is 0.353 e. The molecular formula is C25H24ClN5O4S. The van der Waals surface area contributed by atoms with E-state index < -0.39 is 11.1 Å². The highest BCUT2D eigenvalue weighted by Crippen LogP contribution is 2.33. The van der Waals surface area contributed by atoms with Crippen LogP contribution in [0, 0.1) is 0 Å². The van der Waals surface area contributed by atoms with Crippen molar-refractivity contribution in [2.24, 2.45) is 0 Å². The molecule has 0 spiro atoms. The van der Waals surface area contributed by atoms with Crippen molar-refractivity contribution in [1.29, 1.82) is 0 Å². The van der Waals surface area contributed by atoms with E-state index >= 15 is 0 Å². The molecule has 9 nitrogen and oxygen atoms in total. The summed E-state index contributed by atoms with van der Waals surface area (Å²) >= 11 is 6.99. The number of benzene rings is 2. The van der Waals surface area contributed by atoms with Crippen molar-refractivity contribution in [3.05, 3.63) is 80.2 Å². The van der Waals surface area contributed by atoms with E-state index in [1.807, 2.05) is 17.9 Å². The number of fused-ring (bicyclic) bond motifs is 1. The van der Waals surface area contributed by atoms with Crippen molar-refractivity contribution in [3.63, 3.8) is 0 Å². The molecule has 3 aromatic rings. The lowest BCUT2D eigenvalue weighted by Crippen LogP contribution is -2.41. The Morgan fingerprint density at radius 1 is 1.17 bits per heavy atom. The molecule has 36 heavy (non-hydrogen) atoms. The number of amides is 3. The molecule has 1 aliphatic rings. The molecule has 1 saturated heterocycles. The van der Waals surface area contributed by atoms with Crippen LogP contribution in [0.4, 0.5) is 4.79 Å². The number of hydrogen-bond donors (Lipinski definition) is 2. The second-order valence-corrected chi connectivity index (χ2v) is 9.44.